The van der Waals surface area contributed by atoms with Gasteiger partial charge in [-0.25, -0.2) is 4.98 Å². The van der Waals surface area contributed by atoms with Crippen LogP contribution in [0.1, 0.15) is 16.7 Å². The lowest BCUT2D eigenvalue weighted by Crippen LogP contribution is -2.26. The summed E-state index contributed by atoms with van der Waals surface area (Å²) in [6, 6.07) is 9.80. The first kappa shape index (κ1) is 18.5. The molecule has 8 heteroatoms. The van der Waals surface area contributed by atoms with Crippen LogP contribution in [0.3, 0.4) is 0 Å². The highest BCUT2D eigenvalue weighted by Crippen LogP contribution is 2.20. The summed E-state index contributed by atoms with van der Waals surface area (Å²) in [7, 11) is 0. The summed E-state index contributed by atoms with van der Waals surface area (Å²) in [4.78, 5) is 24.9. The van der Waals surface area contributed by atoms with Crippen LogP contribution < -0.4 is 5.32 Å². The number of aryl methyl sites for hydroxylation is 2. The van der Waals surface area contributed by atoms with Crippen LogP contribution in [0.5, 0.6) is 0 Å². The third-order valence-corrected chi connectivity index (χ3v) is 4.58. The molecule has 0 bridgehead atoms. The van der Waals surface area contributed by atoms with E-state index in [9.17, 15) is 4.79 Å². The van der Waals surface area contributed by atoms with Crippen molar-refractivity contribution < 1.29 is 9.32 Å². The minimum atomic E-state index is -0.101. The zero-order chi connectivity index (χ0) is 20.2. The second-order valence-electron chi connectivity index (χ2n) is 6.79. The maximum atomic E-state index is 12.3. The van der Waals surface area contributed by atoms with Gasteiger partial charge in [-0.05, 0) is 42.7 Å². The largest absolute Gasteiger partial charge is 0.350 e. The summed E-state index contributed by atoms with van der Waals surface area (Å²) in [5.41, 5.74) is 4.78. The molecule has 0 saturated carbocycles. The summed E-state index contributed by atoms with van der Waals surface area (Å²) in [5.74, 6) is 0.628. The molecular weight excluding hydrogens is 368 g/mol. The van der Waals surface area contributed by atoms with E-state index in [-0.39, 0.29) is 12.5 Å². The number of imidazole rings is 1. The molecule has 0 aliphatic rings. The third-order valence-electron chi connectivity index (χ3n) is 4.58. The van der Waals surface area contributed by atoms with E-state index in [1.54, 1.807) is 35.6 Å². The molecule has 1 N–H and O–H groups in total. The maximum Gasteiger partial charge on any atom is 0.259 e. The smallest absolute Gasteiger partial charge is 0.259 e. The average molecular weight is 388 g/mol. The molecule has 4 aromatic rings. The van der Waals surface area contributed by atoms with E-state index >= 15 is 0 Å². The number of hydrogen-bond acceptors (Lipinski definition) is 6. The molecule has 0 atom stereocenters. The van der Waals surface area contributed by atoms with Crippen molar-refractivity contribution in [2.75, 3.05) is 0 Å². The van der Waals surface area contributed by atoms with Crippen LogP contribution in [0.25, 0.3) is 23.0 Å². The average Bonchev–Trinajstić information content (AvgIpc) is 3.39. The van der Waals surface area contributed by atoms with E-state index in [1.165, 1.54) is 11.1 Å². The molecule has 0 radical (unpaired) electrons. The van der Waals surface area contributed by atoms with E-state index < -0.39 is 0 Å². The van der Waals surface area contributed by atoms with Gasteiger partial charge in [-0.3, -0.25) is 9.78 Å². The number of carbonyl (C=O) groups is 1. The van der Waals surface area contributed by atoms with Crippen LogP contribution in [0.15, 0.2) is 59.8 Å². The van der Waals surface area contributed by atoms with Gasteiger partial charge < -0.3 is 14.4 Å². The quantitative estimate of drug-likeness (QED) is 0.545. The van der Waals surface area contributed by atoms with Crippen LogP contribution in [-0.2, 0) is 17.9 Å². The third kappa shape index (κ3) is 4.37. The van der Waals surface area contributed by atoms with Gasteiger partial charge >= 0.3 is 0 Å². The Morgan fingerprint density at radius 2 is 2.10 bits per heavy atom. The SMILES string of the molecule is Cc1ccc(CNC(=O)Cn2cnc(-c3noc(-c4cccnc4)n3)c2)cc1C. The van der Waals surface area contributed by atoms with Crippen molar-refractivity contribution in [3.63, 3.8) is 0 Å². The minimum absolute atomic E-state index is 0.101. The number of carbonyl (C=O) groups excluding carboxylic acids is 1. The summed E-state index contributed by atoms with van der Waals surface area (Å²) < 4.78 is 6.96. The van der Waals surface area contributed by atoms with Crippen molar-refractivity contribution in [1.29, 1.82) is 0 Å². The first-order valence-corrected chi connectivity index (χ1v) is 9.17. The van der Waals surface area contributed by atoms with Gasteiger partial charge in [0.05, 0.1) is 11.9 Å². The zero-order valence-corrected chi connectivity index (χ0v) is 16.2. The number of nitrogens with one attached hydrogen (secondary N) is 1. The molecule has 29 heavy (non-hydrogen) atoms. The molecule has 0 aliphatic heterocycles. The number of pyridine rings is 1. The number of hydrogen-bond donors (Lipinski definition) is 1. The molecule has 3 heterocycles. The minimum Gasteiger partial charge on any atom is -0.350 e. The van der Waals surface area contributed by atoms with E-state index in [2.05, 4.69) is 51.4 Å². The van der Waals surface area contributed by atoms with E-state index in [0.717, 1.165) is 11.1 Å². The fraction of sp³-hybridized carbons (Fsp3) is 0.190. The van der Waals surface area contributed by atoms with Crippen LogP contribution in [0.2, 0.25) is 0 Å². The van der Waals surface area contributed by atoms with Crippen molar-refractivity contribution in [1.82, 2.24) is 30.0 Å². The van der Waals surface area contributed by atoms with Gasteiger partial charge in [-0.2, -0.15) is 4.98 Å². The Balaban J connectivity index is 1.37. The highest BCUT2D eigenvalue weighted by atomic mass is 16.5. The molecule has 0 aliphatic carbocycles. The second-order valence-corrected chi connectivity index (χ2v) is 6.79. The second kappa shape index (κ2) is 8.05. The van der Waals surface area contributed by atoms with E-state index in [1.807, 2.05) is 12.1 Å². The van der Waals surface area contributed by atoms with Gasteiger partial charge in [-0.1, -0.05) is 23.4 Å². The Kier molecular flexibility index (Phi) is 5.15. The topological polar surface area (TPSA) is 98.7 Å². The van der Waals surface area contributed by atoms with Crippen LogP contribution in [0.4, 0.5) is 0 Å². The van der Waals surface area contributed by atoms with E-state index in [4.69, 9.17) is 4.52 Å². The lowest BCUT2D eigenvalue weighted by molar-refractivity contribution is -0.121. The molecule has 1 aromatic carbocycles. The Hall–Kier alpha value is -3.81. The summed E-state index contributed by atoms with van der Waals surface area (Å²) in [6.45, 7) is 4.77. The normalized spacial score (nSPS) is 10.8. The number of amides is 1. The summed E-state index contributed by atoms with van der Waals surface area (Å²) >= 11 is 0. The van der Waals surface area contributed by atoms with Crippen molar-refractivity contribution in [2.45, 2.75) is 26.9 Å². The zero-order valence-electron chi connectivity index (χ0n) is 16.2. The number of nitrogens with zero attached hydrogens (tertiary/aromatic N) is 5. The first-order chi connectivity index (χ1) is 14.1. The van der Waals surface area contributed by atoms with Gasteiger partial charge in [0.25, 0.3) is 5.89 Å². The molecule has 4 rings (SSSR count). The van der Waals surface area contributed by atoms with Crippen LogP contribution in [0, 0.1) is 13.8 Å². The lowest BCUT2D eigenvalue weighted by Gasteiger charge is -2.08. The Labute approximate surface area is 167 Å². The monoisotopic (exact) mass is 388 g/mol. The molecule has 0 spiro atoms. The predicted octanol–water partition coefficient (Wildman–Crippen LogP) is 2.93. The lowest BCUT2D eigenvalue weighted by atomic mass is 10.1. The van der Waals surface area contributed by atoms with Crippen molar-refractivity contribution in [3.8, 4) is 23.0 Å². The van der Waals surface area contributed by atoms with Crippen LogP contribution in [-0.4, -0.2) is 30.6 Å². The van der Waals surface area contributed by atoms with Crippen LogP contribution >= 0.6 is 0 Å². The predicted molar refractivity (Wildman–Crippen MR) is 107 cm³/mol. The Morgan fingerprint density at radius 1 is 1.21 bits per heavy atom. The van der Waals surface area contributed by atoms with E-state index in [0.29, 0.717) is 24.0 Å². The Morgan fingerprint density at radius 3 is 2.90 bits per heavy atom. The maximum absolute atomic E-state index is 12.3. The number of rotatable bonds is 6. The summed E-state index contributed by atoms with van der Waals surface area (Å²) in [5, 5.41) is 6.88. The van der Waals surface area contributed by atoms with Gasteiger partial charge in [0, 0.05) is 25.1 Å². The molecule has 0 saturated heterocycles. The Bertz CT molecular complexity index is 1130. The highest BCUT2D eigenvalue weighted by Gasteiger charge is 2.13. The van der Waals surface area contributed by atoms with Crippen molar-refractivity contribution in [2.24, 2.45) is 0 Å². The molecular formula is C21H20N6O2. The molecule has 8 nitrogen and oxygen atoms in total. The molecule has 0 fully saturated rings. The highest BCUT2D eigenvalue weighted by molar-refractivity contribution is 5.75. The van der Waals surface area contributed by atoms with Gasteiger partial charge in [-0.15, -0.1) is 0 Å². The number of benzene rings is 1. The fourth-order valence-electron chi connectivity index (χ4n) is 2.83. The molecule has 146 valence electrons. The van der Waals surface area contributed by atoms with Gasteiger partial charge in [0.1, 0.15) is 12.2 Å². The van der Waals surface area contributed by atoms with Gasteiger partial charge in [0.2, 0.25) is 11.7 Å². The summed E-state index contributed by atoms with van der Waals surface area (Å²) in [6.07, 6.45) is 6.61. The number of aromatic nitrogens is 5. The molecule has 0 unspecified atom stereocenters. The molecule has 3 aromatic heterocycles. The van der Waals surface area contributed by atoms with Crippen molar-refractivity contribution in [3.05, 3.63) is 71.9 Å². The molecule has 1 amide bonds. The van der Waals surface area contributed by atoms with Gasteiger partial charge in [0.15, 0.2) is 0 Å². The standard InChI is InChI=1S/C21H20N6O2/c1-14-5-6-16(8-15(14)2)9-23-19(28)12-27-11-18(24-13-27)20-25-21(29-26-20)17-4-3-7-22-10-17/h3-8,10-11,13H,9,12H2,1-2H3,(H,23,28). The van der Waals surface area contributed by atoms with Crippen molar-refractivity contribution >= 4 is 5.91 Å². The fourth-order valence-corrected chi connectivity index (χ4v) is 2.83. The first-order valence-electron chi connectivity index (χ1n) is 9.17.